The van der Waals surface area contributed by atoms with Gasteiger partial charge in [0.2, 0.25) is 0 Å². The number of halogens is 18. The van der Waals surface area contributed by atoms with Crippen LogP contribution in [0.4, 0.5) is 79.0 Å². The monoisotopic (exact) mass is 590 g/mol. The molecule has 0 bridgehead atoms. The minimum Gasteiger partial charge on any atom is -0.280 e. The van der Waals surface area contributed by atoms with Gasteiger partial charge in [0, 0.05) is 0 Å². The third kappa shape index (κ3) is 7.43. The average Bonchev–Trinajstić information content (AvgIpc) is 2.69. The molecule has 35 heavy (non-hydrogen) atoms. The molecule has 0 N–H and O–H groups in total. The van der Waals surface area contributed by atoms with E-state index in [1.807, 2.05) is 0 Å². The van der Waals surface area contributed by atoms with Crippen molar-refractivity contribution in [2.24, 2.45) is 0 Å². The molecule has 23 heteroatoms. The van der Waals surface area contributed by atoms with Crippen LogP contribution in [0.15, 0.2) is 0 Å². The highest BCUT2D eigenvalue weighted by atomic mass is 31.2. The van der Waals surface area contributed by atoms with Crippen LogP contribution in [0.3, 0.4) is 0 Å². The van der Waals surface area contributed by atoms with Gasteiger partial charge in [0.05, 0.1) is 0 Å². The van der Waals surface area contributed by atoms with E-state index in [9.17, 15) is 83.6 Å². The summed E-state index contributed by atoms with van der Waals surface area (Å²) in [6, 6.07) is 0. The molecular formula is C12H9F18O4P. The average molecular weight is 590 g/mol. The van der Waals surface area contributed by atoms with Gasteiger partial charge in [-0.1, -0.05) is 0 Å². The summed E-state index contributed by atoms with van der Waals surface area (Å²) in [5, 5.41) is 0. The van der Waals surface area contributed by atoms with Crippen LogP contribution in [0.5, 0.6) is 0 Å². The van der Waals surface area contributed by atoms with E-state index in [2.05, 4.69) is 13.6 Å². The molecule has 4 nitrogen and oxygen atoms in total. The molecule has 0 aliphatic rings. The molecule has 212 valence electrons. The third-order valence-electron chi connectivity index (χ3n) is 3.50. The zero-order valence-corrected chi connectivity index (χ0v) is 16.6. The van der Waals surface area contributed by atoms with Crippen molar-refractivity contribution in [3.05, 3.63) is 0 Å². The van der Waals surface area contributed by atoms with Crippen LogP contribution in [0, 0.1) is 0 Å². The number of phosphoric ester groups is 1. The first-order chi connectivity index (χ1) is 15.2. The molecule has 0 unspecified atom stereocenters. The van der Waals surface area contributed by atoms with Crippen molar-refractivity contribution in [2.75, 3.05) is 19.8 Å². The smallest absolute Gasteiger partial charge is 0.280 e. The van der Waals surface area contributed by atoms with Gasteiger partial charge in [-0.25, -0.2) is 30.9 Å². The molecule has 0 atom stereocenters. The maximum absolute atomic E-state index is 13.2. The molecule has 0 spiro atoms. The minimum absolute atomic E-state index is 3.08. The fourth-order valence-electron chi connectivity index (χ4n) is 1.36. The molecule has 0 heterocycles. The second-order valence-corrected chi connectivity index (χ2v) is 7.82. The number of alkyl halides is 18. The van der Waals surface area contributed by atoms with Gasteiger partial charge in [0.25, 0.3) is 0 Å². The summed E-state index contributed by atoms with van der Waals surface area (Å²) in [7, 11) is -6.98. The normalized spacial score (nSPS) is 15.6. The predicted octanol–water partition coefficient (Wildman–Crippen LogP) is 6.75. The van der Waals surface area contributed by atoms with Gasteiger partial charge >= 0.3 is 62.6 Å². The second-order valence-electron chi connectivity index (χ2n) is 6.15. The van der Waals surface area contributed by atoms with E-state index in [0.717, 1.165) is 0 Å². The molecule has 0 saturated carbocycles. The number of hydrogen-bond acceptors (Lipinski definition) is 4. The Bertz CT molecular complexity index is 646. The topological polar surface area (TPSA) is 44.8 Å². The fourth-order valence-corrected chi connectivity index (χ4v) is 2.54. The molecular weight excluding hydrogens is 581 g/mol. The maximum Gasteiger partial charge on any atom is 0.475 e. The predicted molar refractivity (Wildman–Crippen MR) is 73.2 cm³/mol. The lowest BCUT2D eigenvalue weighted by Gasteiger charge is -2.30. The first kappa shape index (κ1) is 33.8. The van der Waals surface area contributed by atoms with E-state index in [4.69, 9.17) is 0 Å². The highest BCUT2D eigenvalue weighted by Gasteiger charge is 2.67. The van der Waals surface area contributed by atoms with Crippen molar-refractivity contribution in [1.82, 2.24) is 0 Å². The van der Waals surface area contributed by atoms with Gasteiger partial charge in [-0.3, -0.25) is 13.6 Å². The quantitative estimate of drug-likeness (QED) is 0.157. The number of phosphoric acid groups is 1. The summed E-state index contributed by atoms with van der Waals surface area (Å²) < 4.78 is 249. The zero-order chi connectivity index (χ0) is 28.5. The first-order valence-electron chi connectivity index (χ1n) is 7.85. The third-order valence-corrected chi connectivity index (χ3v) is 4.83. The SMILES string of the molecule is O=P(OCC(F)(F)C(F)(F)C(F)F)(OCC(F)(F)C(F)(F)C(F)F)OCC(F)(F)C(F)(F)C(F)F. The van der Waals surface area contributed by atoms with E-state index in [1.54, 1.807) is 0 Å². The standard InChI is InChI=1S/C12H9F18O4P/c13-4(14)10(25,26)7(19,20)1-32-35(31,33-2-8(21,22)11(27,28)5(15)16)34-3-9(23,24)12(29,30)6(17)18/h4-6H,1-3H2. The highest BCUT2D eigenvalue weighted by molar-refractivity contribution is 7.48. The molecule has 0 aromatic carbocycles. The zero-order valence-electron chi connectivity index (χ0n) is 15.7. The molecule has 0 aromatic rings. The lowest BCUT2D eigenvalue weighted by atomic mass is 10.2. The van der Waals surface area contributed by atoms with Gasteiger partial charge in [-0.05, 0) is 0 Å². The van der Waals surface area contributed by atoms with Gasteiger partial charge < -0.3 is 0 Å². The fraction of sp³-hybridized carbons (Fsp3) is 1.00. The van der Waals surface area contributed by atoms with Crippen molar-refractivity contribution in [2.45, 2.75) is 54.8 Å². The van der Waals surface area contributed by atoms with Crippen LogP contribution in [-0.4, -0.2) is 74.6 Å². The van der Waals surface area contributed by atoms with E-state index in [0.29, 0.717) is 0 Å². The van der Waals surface area contributed by atoms with Gasteiger partial charge in [-0.2, -0.15) is 52.7 Å². The summed E-state index contributed by atoms with van der Waals surface area (Å²) in [5.41, 5.74) is 0. The Labute approximate surface area is 181 Å². The van der Waals surface area contributed by atoms with E-state index < -0.39 is 82.5 Å². The van der Waals surface area contributed by atoms with Gasteiger partial charge in [-0.15, -0.1) is 0 Å². The van der Waals surface area contributed by atoms with Gasteiger partial charge in [0.1, 0.15) is 19.8 Å². The van der Waals surface area contributed by atoms with Crippen molar-refractivity contribution in [1.29, 1.82) is 0 Å². The molecule has 0 aliphatic carbocycles. The van der Waals surface area contributed by atoms with Crippen LogP contribution in [0.1, 0.15) is 0 Å². The van der Waals surface area contributed by atoms with Crippen molar-refractivity contribution in [3.63, 3.8) is 0 Å². The minimum atomic E-state index is -6.98. The molecule has 0 fully saturated rings. The summed E-state index contributed by atoms with van der Waals surface area (Å²) in [6.07, 6.45) is -15.7. The molecule has 0 aliphatic heterocycles. The van der Waals surface area contributed by atoms with E-state index in [-0.39, 0.29) is 0 Å². The number of hydrogen-bond donors (Lipinski definition) is 0. The Hall–Kier alpha value is -1.15. The largest absolute Gasteiger partial charge is 0.475 e. The molecule has 0 rings (SSSR count). The summed E-state index contributed by atoms with van der Waals surface area (Å²) in [6.45, 7) is -10.3. The van der Waals surface area contributed by atoms with Crippen LogP contribution >= 0.6 is 7.82 Å². The second kappa shape index (κ2) is 10.7. The molecule has 0 amide bonds. The Morgan fingerprint density at radius 2 is 0.629 bits per heavy atom. The Morgan fingerprint density at radius 3 is 0.771 bits per heavy atom. The van der Waals surface area contributed by atoms with Crippen LogP contribution in [-0.2, 0) is 18.1 Å². The van der Waals surface area contributed by atoms with Crippen molar-refractivity contribution in [3.8, 4) is 0 Å². The first-order valence-corrected chi connectivity index (χ1v) is 9.31. The highest BCUT2D eigenvalue weighted by Crippen LogP contribution is 2.55. The number of rotatable bonds is 15. The molecule has 0 aromatic heterocycles. The molecule has 0 saturated heterocycles. The van der Waals surface area contributed by atoms with Crippen molar-refractivity contribution < 1.29 is 97.2 Å². The van der Waals surface area contributed by atoms with Gasteiger partial charge in [0.15, 0.2) is 0 Å². The van der Waals surface area contributed by atoms with Crippen molar-refractivity contribution >= 4 is 7.82 Å². The van der Waals surface area contributed by atoms with E-state index in [1.165, 1.54) is 0 Å². The molecule has 0 radical (unpaired) electrons. The summed E-state index contributed by atoms with van der Waals surface area (Å²) >= 11 is 0. The van der Waals surface area contributed by atoms with E-state index >= 15 is 0 Å². The maximum atomic E-state index is 13.2. The lowest BCUT2D eigenvalue weighted by molar-refractivity contribution is -0.282. The summed E-state index contributed by atoms with van der Waals surface area (Å²) in [4.78, 5) is 0. The summed E-state index contributed by atoms with van der Waals surface area (Å²) in [5.74, 6) is -37.9. The Kier molecular flexibility index (Phi) is 10.3. The lowest BCUT2D eigenvalue weighted by Crippen LogP contribution is -2.50. The Balaban J connectivity index is 6.00. The Morgan fingerprint density at radius 1 is 0.457 bits per heavy atom. The van der Waals surface area contributed by atoms with Crippen LogP contribution in [0.2, 0.25) is 0 Å². The van der Waals surface area contributed by atoms with Crippen LogP contribution in [0.25, 0.3) is 0 Å². The van der Waals surface area contributed by atoms with Crippen LogP contribution < -0.4 is 0 Å².